The van der Waals surface area contributed by atoms with E-state index in [9.17, 15) is 18.8 Å². The molecule has 1 heterocycles. The van der Waals surface area contributed by atoms with Crippen molar-refractivity contribution in [2.24, 2.45) is 0 Å². The Morgan fingerprint density at radius 1 is 1.14 bits per heavy atom. The average molecular weight is 394 g/mol. The van der Waals surface area contributed by atoms with E-state index >= 15 is 0 Å². The number of Topliss-reactive ketones (excluding diaryl/α,β-unsaturated/α-hetero) is 1. The predicted molar refractivity (Wildman–Crippen MR) is 101 cm³/mol. The molecule has 0 aliphatic carbocycles. The molecule has 1 aliphatic rings. The van der Waals surface area contributed by atoms with Crippen LogP contribution in [0, 0.1) is 5.82 Å². The van der Waals surface area contributed by atoms with Crippen LogP contribution in [0.3, 0.4) is 0 Å². The molecule has 1 saturated heterocycles. The third-order valence-electron chi connectivity index (χ3n) is 4.44. The van der Waals surface area contributed by atoms with Gasteiger partial charge in [-0.3, -0.25) is 4.79 Å². The molecule has 1 aromatic carbocycles. The molecule has 1 aromatic rings. The maximum absolute atomic E-state index is 12.9. The minimum atomic E-state index is -0.605. The third-order valence-corrected chi connectivity index (χ3v) is 4.44. The number of piperidine rings is 1. The molecule has 8 heteroatoms. The van der Waals surface area contributed by atoms with Gasteiger partial charge in [-0.1, -0.05) is 0 Å². The van der Waals surface area contributed by atoms with E-state index in [2.05, 4.69) is 0 Å². The highest BCUT2D eigenvalue weighted by Gasteiger charge is 2.30. The number of rotatable bonds is 4. The van der Waals surface area contributed by atoms with Gasteiger partial charge in [-0.25, -0.2) is 14.0 Å². The number of nitrogens with zero attached hydrogens (tertiary/aromatic N) is 2. The number of hydrogen-bond donors (Lipinski definition) is 0. The Kier molecular flexibility index (Phi) is 6.99. The molecule has 1 fully saturated rings. The summed E-state index contributed by atoms with van der Waals surface area (Å²) in [6.07, 6.45) is 0.222. The van der Waals surface area contributed by atoms with Gasteiger partial charge in [0, 0.05) is 31.7 Å². The lowest BCUT2D eigenvalue weighted by Crippen LogP contribution is -2.48. The van der Waals surface area contributed by atoms with Crippen LogP contribution in [0.4, 0.5) is 14.0 Å². The highest BCUT2D eigenvalue weighted by molar-refractivity contribution is 5.97. The number of ether oxygens (including phenoxy) is 2. The summed E-state index contributed by atoms with van der Waals surface area (Å²) >= 11 is 0. The minimum absolute atomic E-state index is 0.0906. The molecule has 0 N–H and O–H groups in total. The molecule has 28 heavy (non-hydrogen) atoms. The topological polar surface area (TPSA) is 76.2 Å². The Morgan fingerprint density at radius 3 is 2.25 bits per heavy atom. The SMILES string of the molecule is CN(C(=O)OCC(=O)c1ccc(F)cc1)C1CCN(C(=O)OC(C)(C)C)CC1. The summed E-state index contributed by atoms with van der Waals surface area (Å²) in [6.45, 7) is 5.99. The normalized spacial score (nSPS) is 15.1. The third kappa shape index (κ3) is 6.21. The van der Waals surface area contributed by atoms with E-state index in [0.717, 1.165) is 0 Å². The van der Waals surface area contributed by atoms with Gasteiger partial charge in [-0.05, 0) is 57.9 Å². The van der Waals surface area contributed by atoms with Gasteiger partial charge < -0.3 is 19.3 Å². The zero-order chi connectivity index (χ0) is 20.9. The van der Waals surface area contributed by atoms with Crippen LogP contribution in [0.5, 0.6) is 0 Å². The molecule has 0 radical (unpaired) electrons. The molecule has 2 rings (SSSR count). The van der Waals surface area contributed by atoms with Crippen molar-refractivity contribution in [1.29, 1.82) is 0 Å². The molecular formula is C20H27FN2O5. The van der Waals surface area contributed by atoms with Crippen LogP contribution in [0.2, 0.25) is 0 Å². The van der Waals surface area contributed by atoms with Crippen LogP contribution in [0.15, 0.2) is 24.3 Å². The number of benzene rings is 1. The lowest BCUT2D eigenvalue weighted by Gasteiger charge is -2.36. The molecule has 0 atom stereocenters. The molecule has 0 unspecified atom stereocenters. The molecular weight excluding hydrogens is 367 g/mol. The summed E-state index contributed by atoms with van der Waals surface area (Å²) in [6, 6.07) is 4.97. The van der Waals surface area contributed by atoms with Crippen LogP contribution in [-0.4, -0.2) is 66.2 Å². The lowest BCUT2D eigenvalue weighted by atomic mass is 10.0. The van der Waals surface area contributed by atoms with Gasteiger partial charge in [-0.2, -0.15) is 0 Å². The summed E-state index contributed by atoms with van der Waals surface area (Å²) < 4.78 is 23.3. The number of carbonyl (C=O) groups is 3. The van der Waals surface area contributed by atoms with Crippen LogP contribution in [0.25, 0.3) is 0 Å². The van der Waals surface area contributed by atoms with Crippen molar-refractivity contribution in [2.75, 3.05) is 26.7 Å². The van der Waals surface area contributed by atoms with Crippen molar-refractivity contribution in [3.63, 3.8) is 0 Å². The number of hydrogen-bond acceptors (Lipinski definition) is 5. The smallest absolute Gasteiger partial charge is 0.410 e. The second-order valence-electron chi connectivity index (χ2n) is 7.79. The van der Waals surface area contributed by atoms with E-state index in [0.29, 0.717) is 25.9 Å². The predicted octanol–water partition coefficient (Wildman–Crippen LogP) is 3.48. The standard InChI is InChI=1S/C20H27FN2O5/c1-20(2,3)28-19(26)23-11-9-16(10-12-23)22(4)18(25)27-13-17(24)14-5-7-15(21)8-6-14/h5-8,16H,9-13H2,1-4H3. The van der Waals surface area contributed by atoms with E-state index in [-0.39, 0.29) is 17.7 Å². The zero-order valence-corrected chi connectivity index (χ0v) is 16.7. The molecule has 154 valence electrons. The van der Waals surface area contributed by atoms with Gasteiger partial charge >= 0.3 is 12.2 Å². The second kappa shape index (κ2) is 9.03. The zero-order valence-electron chi connectivity index (χ0n) is 16.7. The highest BCUT2D eigenvalue weighted by Crippen LogP contribution is 2.19. The maximum Gasteiger partial charge on any atom is 0.410 e. The van der Waals surface area contributed by atoms with E-state index in [4.69, 9.17) is 9.47 Å². The fourth-order valence-corrected chi connectivity index (χ4v) is 2.86. The van der Waals surface area contributed by atoms with Crippen LogP contribution in [0.1, 0.15) is 44.0 Å². The van der Waals surface area contributed by atoms with Crippen molar-refractivity contribution in [1.82, 2.24) is 9.80 Å². The highest BCUT2D eigenvalue weighted by atomic mass is 19.1. The van der Waals surface area contributed by atoms with Gasteiger partial charge in [0.1, 0.15) is 11.4 Å². The monoisotopic (exact) mass is 394 g/mol. The fraction of sp³-hybridized carbons (Fsp3) is 0.550. The number of ketones is 1. The number of amides is 2. The molecule has 0 saturated carbocycles. The number of likely N-dealkylation sites (tertiary alicyclic amines) is 1. The summed E-state index contributed by atoms with van der Waals surface area (Å²) in [7, 11) is 1.61. The van der Waals surface area contributed by atoms with Crippen LogP contribution >= 0.6 is 0 Å². The summed E-state index contributed by atoms with van der Waals surface area (Å²) in [5.74, 6) is -0.840. The van der Waals surface area contributed by atoms with E-state index < -0.39 is 29.9 Å². The molecule has 0 bridgehead atoms. The van der Waals surface area contributed by atoms with Gasteiger partial charge in [0.05, 0.1) is 0 Å². The number of halogens is 1. The molecule has 0 aromatic heterocycles. The van der Waals surface area contributed by atoms with E-state index in [1.807, 2.05) is 20.8 Å². The summed E-state index contributed by atoms with van der Waals surface area (Å²) in [5.41, 5.74) is -0.270. The van der Waals surface area contributed by atoms with Gasteiger partial charge in [0.25, 0.3) is 0 Å². The largest absolute Gasteiger partial charge is 0.444 e. The molecule has 2 amide bonds. The van der Waals surface area contributed by atoms with Gasteiger partial charge in [-0.15, -0.1) is 0 Å². The molecule has 7 nitrogen and oxygen atoms in total. The fourth-order valence-electron chi connectivity index (χ4n) is 2.86. The molecule has 0 spiro atoms. The first-order chi connectivity index (χ1) is 13.1. The first-order valence-corrected chi connectivity index (χ1v) is 9.23. The van der Waals surface area contributed by atoms with Crippen molar-refractivity contribution in [3.05, 3.63) is 35.6 Å². The Labute approximate surface area is 164 Å². The Hall–Kier alpha value is -2.64. The summed E-state index contributed by atoms with van der Waals surface area (Å²) in [5, 5.41) is 0. The minimum Gasteiger partial charge on any atom is -0.444 e. The van der Waals surface area contributed by atoms with E-state index in [1.54, 1.807) is 11.9 Å². The number of carbonyl (C=O) groups excluding carboxylic acids is 3. The Balaban J connectivity index is 1.78. The summed E-state index contributed by atoms with van der Waals surface area (Å²) in [4.78, 5) is 39.4. The van der Waals surface area contributed by atoms with Crippen LogP contribution < -0.4 is 0 Å². The first kappa shape index (κ1) is 21.7. The van der Waals surface area contributed by atoms with Crippen LogP contribution in [-0.2, 0) is 9.47 Å². The van der Waals surface area contributed by atoms with Crippen molar-refractivity contribution in [3.8, 4) is 0 Å². The maximum atomic E-state index is 12.9. The first-order valence-electron chi connectivity index (χ1n) is 9.23. The van der Waals surface area contributed by atoms with Gasteiger partial charge in [0.2, 0.25) is 0 Å². The second-order valence-corrected chi connectivity index (χ2v) is 7.79. The average Bonchev–Trinajstić information content (AvgIpc) is 2.64. The van der Waals surface area contributed by atoms with E-state index in [1.165, 1.54) is 29.2 Å². The van der Waals surface area contributed by atoms with Crippen molar-refractivity contribution >= 4 is 18.0 Å². The Bertz CT molecular complexity index is 706. The van der Waals surface area contributed by atoms with Crippen molar-refractivity contribution < 1.29 is 28.2 Å². The van der Waals surface area contributed by atoms with Crippen molar-refractivity contribution in [2.45, 2.75) is 45.3 Å². The molecule has 1 aliphatic heterocycles. The quantitative estimate of drug-likeness (QED) is 0.731. The Morgan fingerprint density at radius 2 is 1.71 bits per heavy atom. The van der Waals surface area contributed by atoms with Gasteiger partial charge in [0.15, 0.2) is 12.4 Å². The lowest BCUT2D eigenvalue weighted by molar-refractivity contribution is 0.0152.